The second-order valence-corrected chi connectivity index (χ2v) is 11.5. The summed E-state index contributed by atoms with van der Waals surface area (Å²) >= 11 is 0. The number of nitrogens with zero attached hydrogens (tertiary/aromatic N) is 1. The summed E-state index contributed by atoms with van der Waals surface area (Å²) in [6.45, 7) is 12.1. The first-order valence-corrected chi connectivity index (χ1v) is 13.3. The zero-order chi connectivity index (χ0) is 26.4. The van der Waals surface area contributed by atoms with Crippen LogP contribution in [-0.4, -0.2) is 64.2 Å². The number of aliphatic hydroxyl groups is 1. The number of fused-ring (bicyclic) bond motifs is 1. The van der Waals surface area contributed by atoms with Crippen LogP contribution >= 0.6 is 0 Å². The van der Waals surface area contributed by atoms with Gasteiger partial charge in [0.2, 0.25) is 17.7 Å². The van der Waals surface area contributed by atoms with Gasteiger partial charge in [0.15, 0.2) is 0 Å². The molecule has 8 nitrogen and oxygen atoms in total. The monoisotopic (exact) mass is 499 g/mol. The lowest BCUT2D eigenvalue weighted by molar-refractivity contribution is -0.148. The van der Waals surface area contributed by atoms with Gasteiger partial charge in [0, 0.05) is 12.2 Å². The largest absolute Gasteiger partial charge is 0.394 e. The highest BCUT2D eigenvalue weighted by molar-refractivity contribution is 6.04. The fourth-order valence-electron chi connectivity index (χ4n) is 6.84. The van der Waals surface area contributed by atoms with Crippen LogP contribution in [0.5, 0.6) is 0 Å². The fourth-order valence-corrected chi connectivity index (χ4v) is 6.84. The molecule has 3 saturated heterocycles. The zero-order valence-corrected chi connectivity index (χ0v) is 22.4. The van der Waals surface area contributed by atoms with E-state index in [2.05, 4.69) is 10.6 Å². The number of carbonyl (C=O) groups excluding carboxylic acids is 3. The first-order chi connectivity index (χ1) is 17.0. The molecule has 3 aliphatic rings. The van der Waals surface area contributed by atoms with E-state index in [9.17, 15) is 19.5 Å². The van der Waals surface area contributed by atoms with Crippen LogP contribution in [0.3, 0.4) is 0 Å². The van der Waals surface area contributed by atoms with Gasteiger partial charge >= 0.3 is 0 Å². The maximum Gasteiger partial charge on any atom is 0.250 e. The van der Waals surface area contributed by atoms with E-state index in [1.54, 1.807) is 4.90 Å². The van der Waals surface area contributed by atoms with Crippen molar-refractivity contribution in [2.45, 2.75) is 90.5 Å². The topological polar surface area (TPSA) is 108 Å². The van der Waals surface area contributed by atoms with E-state index < -0.39 is 35.1 Å². The summed E-state index contributed by atoms with van der Waals surface area (Å²) in [6.07, 6.45) is 2.44. The normalized spacial score (nSPS) is 31.6. The molecule has 3 N–H and O–H groups in total. The highest BCUT2D eigenvalue weighted by Gasteiger charge is 2.78. The highest BCUT2D eigenvalue weighted by atomic mass is 16.5. The van der Waals surface area contributed by atoms with Gasteiger partial charge in [0.05, 0.1) is 30.1 Å². The molecule has 1 aromatic carbocycles. The standard InChI is InChI=1S/C28H41N3O5/c1-7-13-29-24(33)20-21-26(35)31(19(15-32)14-16(2)3)23(28(21)12-11-27(20,6)36-28)25(34)30-22-17(4)9-8-10-18(22)5/h8-10,16,19-21,23,32H,7,11-15H2,1-6H3,(H,29,33)(H,30,34)/t19-,20-,21+,23?,27+,28?/m1/s1. The lowest BCUT2D eigenvalue weighted by Gasteiger charge is -2.37. The number of rotatable bonds is 9. The lowest BCUT2D eigenvalue weighted by atomic mass is 9.66. The van der Waals surface area contributed by atoms with Gasteiger partial charge in [-0.3, -0.25) is 14.4 Å². The van der Waals surface area contributed by atoms with Crippen molar-refractivity contribution < 1.29 is 24.2 Å². The zero-order valence-electron chi connectivity index (χ0n) is 22.4. The van der Waals surface area contributed by atoms with Crippen LogP contribution < -0.4 is 10.6 Å². The third-order valence-electron chi connectivity index (χ3n) is 8.37. The van der Waals surface area contributed by atoms with Crippen molar-refractivity contribution >= 4 is 23.4 Å². The average Bonchev–Trinajstić information content (AvgIpc) is 3.39. The maximum absolute atomic E-state index is 14.2. The molecule has 0 saturated carbocycles. The van der Waals surface area contributed by atoms with E-state index >= 15 is 0 Å². The second kappa shape index (κ2) is 9.78. The number of carbonyl (C=O) groups is 3. The SMILES string of the molecule is CCCNC(=O)[C@H]1[C@H]2C(=O)N([C@@H](CO)CC(C)C)C(C(=O)Nc3c(C)cccc3C)C23CC[C@]1(C)O3. The number of anilines is 1. The van der Waals surface area contributed by atoms with Gasteiger partial charge in [-0.05, 0) is 63.5 Å². The van der Waals surface area contributed by atoms with Crippen molar-refractivity contribution in [2.75, 3.05) is 18.5 Å². The summed E-state index contributed by atoms with van der Waals surface area (Å²) in [5.41, 5.74) is 0.651. The number of ether oxygens (including phenoxy) is 1. The summed E-state index contributed by atoms with van der Waals surface area (Å²) in [5.74, 6) is -2.03. The maximum atomic E-state index is 14.2. The van der Waals surface area contributed by atoms with Crippen molar-refractivity contribution in [1.82, 2.24) is 10.2 Å². The lowest BCUT2D eigenvalue weighted by Crippen LogP contribution is -2.56. The number of benzene rings is 1. The smallest absolute Gasteiger partial charge is 0.250 e. The molecular formula is C28H41N3O5. The number of aryl methyl sites for hydroxylation is 2. The van der Waals surface area contributed by atoms with Crippen molar-refractivity contribution in [3.63, 3.8) is 0 Å². The quantitative estimate of drug-likeness (QED) is 0.484. The van der Waals surface area contributed by atoms with Gasteiger partial charge in [0.25, 0.3) is 0 Å². The van der Waals surface area contributed by atoms with E-state index in [1.165, 1.54) is 0 Å². The molecule has 3 amide bonds. The molecule has 0 radical (unpaired) electrons. The number of aliphatic hydroxyl groups excluding tert-OH is 1. The van der Waals surface area contributed by atoms with Crippen molar-refractivity contribution in [2.24, 2.45) is 17.8 Å². The van der Waals surface area contributed by atoms with Crippen LogP contribution in [0.25, 0.3) is 0 Å². The van der Waals surface area contributed by atoms with E-state index in [0.29, 0.717) is 25.8 Å². The Hall–Kier alpha value is -2.45. The third-order valence-corrected chi connectivity index (χ3v) is 8.37. The summed E-state index contributed by atoms with van der Waals surface area (Å²) in [6, 6.07) is 4.33. The van der Waals surface area contributed by atoms with Gasteiger partial charge in [-0.25, -0.2) is 0 Å². The molecule has 1 spiro atoms. The molecule has 2 bridgehead atoms. The Bertz CT molecular complexity index is 1020. The van der Waals surface area contributed by atoms with Crippen molar-refractivity contribution in [3.8, 4) is 0 Å². The van der Waals surface area contributed by atoms with E-state index in [-0.39, 0.29) is 30.2 Å². The van der Waals surface area contributed by atoms with Gasteiger partial charge in [-0.1, -0.05) is 39.0 Å². The molecule has 0 aliphatic carbocycles. The number of nitrogens with one attached hydrogen (secondary N) is 2. The molecule has 3 aliphatic heterocycles. The Kier molecular flexibility index (Phi) is 7.23. The van der Waals surface area contributed by atoms with Gasteiger partial charge in [-0.2, -0.15) is 0 Å². The summed E-state index contributed by atoms with van der Waals surface area (Å²) < 4.78 is 6.65. The minimum Gasteiger partial charge on any atom is -0.394 e. The number of para-hydroxylation sites is 1. The van der Waals surface area contributed by atoms with Crippen LogP contribution in [0.4, 0.5) is 5.69 Å². The van der Waals surface area contributed by atoms with Crippen LogP contribution in [0.2, 0.25) is 0 Å². The summed E-state index contributed by atoms with van der Waals surface area (Å²) in [5, 5.41) is 16.4. The third kappa shape index (κ3) is 4.12. The molecule has 6 atom stereocenters. The van der Waals surface area contributed by atoms with Gasteiger partial charge in [0.1, 0.15) is 11.6 Å². The van der Waals surface area contributed by atoms with Crippen LogP contribution in [0.1, 0.15) is 64.5 Å². The predicted molar refractivity (Wildman–Crippen MR) is 137 cm³/mol. The van der Waals surface area contributed by atoms with Crippen LogP contribution in [0, 0.1) is 31.6 Å². The van der Waals surface area contributed by atoms with Gasteiger partial charge < -0.3 is 25.4 Å². The van der Waals surface area contributed by atoms with Gasteiger partial charge in [-0.15, -0.1) is 0 Å². The van der Waals surface area contributed by atoms with E-state index in [1.807, 2.05) is 59.7 Å². The van der Waals surface area contributed by atoms with Crippen molar-refractivity contribution in [1.29, 1.82) is 0 Å². The Morgan fingerprint density at radius 1 is 1.19 bits per heavy atom. The Labute approximate surface area is 214 Å². The number of hydrogen-bond acceptors (Lipinski definition) is 5. The first kappa shape index (κ1) is 26.6. The number of hydrogen-bond donors (Lipinski definition) is 3. The molecule has 8 heteroatoms. The average molecular weight is 500 g/mol. The summed E-state index contributed by atoms with van der Waals surface area (Å²) in [4.78, 5) is 43.2. The second-order valence-electron chi connectivity index (χ2n) is 11.5. The molecular weight excluding hydrogens is 458 g/mol. The van der Waals surface area contributed by atoms with Crippen LogP contribution in [-0.2, 0) is 19.1 Å². The molecule has 2 unspecified atom stereocenters. The number of amides is 3. The Morgan fingerprint density at radius 3 is 2.44 bits per heavy atom. The molecule has 1 aromatic rings. The van der Waals surface area contributed by atoms with Crippen LogP contribution in [0.15, 0.2) is 18.2 Å². The molecule has 3 fully saturated rings. The molecule has 36 heavy (non-hydrogen) atoms. The van der Waals surface area contributed by atoms with Crippen molar-refractivity contribution in [3.05, 3.63) is 29.3 Å². The Morgan fingerprint density at radius 2 is 1.86 bits per heavy atom. The molecule has 198 valence electrons. The molecule has 4 rings (SSSR count). The first-order valence-electron chi connectivity index (χ1n) is 13.3. The number of likely N-dealkylation sites (tertiary alicyclic amines) is 1. The van der Waals surface area contributed by atoms with E-state index in [4.69, 9.17) is 4.74 Å². The molecule has 0 aromatic heterocycles. The highest BCUT2D eigenvalue weighted by Crippen LogP contribution is 2.63. The molecule has 3 heterocycles. The summed E-state index contributed by atoms with van der Waals surface area (Å²) in [7, 11) is 0. The fraction of sp³-hybridized carbons (Fsp3) is 0.679. The minimum absolute atomic E-state index is 0.195. The Balaban J connectivity index is 1.79. The predicted octanol–water partition coefficient (Wildman–Crippen LogP) is 2.94. The van der Waals surface area contributed by atoms with E-state index in [0.717, 1.165) is 23.2 Å². The minimum atomic E-state index is -1.11.